The molecule has 2 aromatic carbocycles. The minimum atomic E-state index is -1.14. The van der Waals surface area contributed by atoms with Gasteiger partial charge in [0.25, 0.3) is 0 Å². The van der Waals surface area contributed by atoms with Gasteiger partial charge in [0.2, 0.25) is 0 Å². The van der Waals surface area contributed by atoms with E-state index in [-0.39, 0.29) is 11.1 Å². The van der Waals surface area contributed by atoms with E-state index in [1.165, 1.54) is 44.1 Å². The fraction of sp³-hybridized carbons (Fsp3) is 0.263. The third-order valence-electron chi connectivity index (χ3n) is 3.22. The van der Waals surface area contributed by atoms with Crippen molar-refractivity contribution in [3.05, 3.63) is 71.3 Å². The summed E-state index contributed by atoms with van der Waals surface area (Å²) in [6, 6.07) is 16.6. The minimum Gasteiger partial charge on any atom is -0.478 e. The van der Waals surface area contributed by atoms with Crippen LogP contribution in [0, 0.1) is 0 Å². The average Bonchev–Trinajstić information content (AvgIpc) is 2.60. The maximum absolute atomic E-state index is 11.1. The Balaban J connectivity index is 0.000000238. The fourth-order valence-electron chi connectivity index (χ4n) is 1.98. The zero-order valence-corrected chi connectivity index (χ0v) is 13.5. The van der Waals surface area contributed by atoms with Crippen molar-refractivity contribution in [2.75, 3.05) is 7.11 Å². The summed E-state index contributed by atoms with van der Waals surface area (Å²) in [5, 5.41) is 8.70. The lowest BCUT2D eigenvalue weighted by molar-refractivity contribution is 0.0582. The molecule has 2 rings (SSSR count). The quantitative estimate of drug-likeness (QED) is 0.840. The summed E-state index contributed by atoms with van der Waals surface area (Å²) in [7, 11) is 1.21. The van der Waals surface area contributed by atoms with Crippen molar-refractivity contribution in [3.63, 3.8) is 0 Å². The number of carbonyl (C=O) groups excluding carboxylic acids is 1. The molecule has 0 aliphatic rings. The number of methoxy groups -OCH3 is 1. The summed E-state index contributed by atoms with van der Waals surface area (Å²) >= 11 is 0. The molecule has 0 unspecified atom stereocenters. The van der Waals surface area contributed by atoms with Gasteiger partial charge in [-0.3, -0.25) is 0 Å². The zero-order chi connectivity index (χ0) is 17.1. The first kappa shape index (κ1) is 18.4. The van der Waals surface area contributed by atoms with Gasteiger partial charge in [-0.1, -0.05) is 55.8 Å². The van der Waals surface area contributed by atoms with E-state index in [0.29, 0.717) is 0 Å². The first-order valence-corrected chi connectivity index (χ1v) is 7.54. The summed E-state index contributed by atoms with van der Waals surface area (Å²) in [4.78, 5) is 21.7. The lowest BCUT2D eigenvalue weighted by Gasteiger charge is -2.02. The number of hydrogen-bond donors (Lipinski definition) is 1. The molecule has 0 aliphatic heterocycles. The zero-order valence-electron chi connectivity index (χ0n) is 13.5. The van der Waals surface area contributed by atoms with E-state index in [1.54, 1.807) is 12.1 Å². The molecule has 122 valence electrons. The molecular weight excluding hydrogens is 292 g/mol. The van der Waals surface area contributed by atoms with E-state index in [1.807, 2.05) is 0 Å². The van der Waals surface area contributed by atoms with Crippen LogP contribution in [0.4, 0.5) is 0 Å². The lowest BCUT2D eigenvalue weighted by atomic mass is 10.1. The van der Waals surface area contributed by atoms with Crippen LogP contribution in [0.25, 0.3) is 0 Å². The predicted octanol–water partition coefficient (Wildman–Crippen LogP) is 4.20. The Morgan fingerprint density at radius 2 is 1.52 bits per heavy atom. The fourth-order valence-corrected chi connectivity index (χ4v) is 1.98. The molecule has 23 heavy (non-hydrogen) atoms. The second-order valence-corrected chi connectivity index (χ2v) is 4.93. The number of benzene rings is 2. The molecule has 0 aliphatic carbocycles. The predicted molar refractivity (Wildman–Crippen MR) is 89.8 cm³/mol. The molecule has 0 aromatic heterocycles. The molecule has 0 heterocycles. The second kappa shape index (κ2) is 10.2. The Labute approximate surface area is 136 Å². The van der Waals surface area contributed by atoms with Crippen LogP contribution in [0.1, 0.15) is 46.0 Å². The van der Waals surface area contributed by atoms with Gasteiger partial charge in [0.15, 0.2) is 0 Å². The van der Waals surface area contributed by atoms with Crippen LogP contribution in [0.2, 0.25) is 0 Å². The molecule has 4 heteroatoms. The van der Waals surface area contributed by atoms with Crippen molar-refractivity contribution >= 4 is 11.9 Å². The third kappa shape index (κ3) is 6.34. The molecular formula is C19H22O4. The van der Waals surface area contributed by atoms with Gasteiger partial charge in [0, 0.05) is 0 Å². The molecule has 0 atom stereocenters. The monoisotopic (exact) mass is 314 g/mol. The highest BCUT2D eigenvalue weighted by Gasteiger charge is 2.15. The molecule has 0 saturated heterocycles. The van der Waals surface area contributed by atoms with Gasteiger partial charge >= 0.3 is 11.9 Å². The minimum absolute atomic E-state index is 0.0469. The highest BCUT2D eigenvalue weighted by atomic mass is 16.5. The maximum atomic E-state index is 11.1. The van der Waals surface area contributed by atoms with Gasteiger partial charge in [-0.2, -0.15) is 0 Å². The van der Waals surface area contributed by atoms with Crippen LogP contribution < -0.4 is 0 Å². The van der Waals surface area contributed by atoms with E-state index in [9.17, 15) is 9.59 Å². The van der Waals surface area contributed by atoms with Gasteiger partial charge < -0.3 is 9.84 Å². The van der Waals surface area contributed by atoms with E-state index in [0.717, 1.165) is 0 Å². The summed E-state index contributed by atoms with van der Waals surface area (Å²) < 4.78 is 4.42. The number of aromatic carboxylic acids is 1. The van der Waals surface area contributed by atoms with Gasteiger partial charge in [0.1, 0.15) is 0 Å². The molecule has 0 saturated carbocycles. The maximum Gasteiger partial charge on any atom is 0.338 e. The average molecular weight is 314 g/mol. The number of aryl methyl sites for hydroxylation is 1. The Hall–Kier alpha value is -2.62. The van der Waals surface area contributed by atoms with Gasteiger partial charge in [-0.15, -0.1) is 0 Å². The second-order valence-electron chi connectivity index (χ2n) is 4.93. The lowest BCUT2D eigenvalue weighted by Crippen LogP contribution is -2.09. The molecule has 0 radical (unpaired) electrons. The molecule has 1 N–H and O–H groups in total. The van der Waals surface area contributed by atoms with Crippen LogP contribution in [-0.4, -0.2) is 24.2 Å². The SMILES string of the molecule is CCCCc1ccccc1.COC(=O)c1ccccc1C(=O)O. The van der Waals surface area contributed by atoms with Crippen LogP contribution >= 0.6 is 0 Å². The van der Waals surface area contributed by atoms with Crippen molar-refractivity contribution in [1.82, 2.24) is 0 Å². The summed E-state index contributed by atoms with van der Waals surface area (Å²) in [6.45, 7) is 2.23. The van der Waals surface area contributed by atoms with E-state index in [4.69, 9.17) is 5.11 Å². The Kier molecular flexibility index (Phi) is 8.14. The molecule has 0 bridgehead atoms. The first-order chi connectivity index (χ1) is 11.1. The number of carboxylic acids is 1. The molecule has 2 aromatic rings. The summed E-state index contributed by atoms with van der Waals surface area (Å²) in [6.07, 6.45) is 3.83. The van der Waals surface area contributed by atoms with Crippen LogP contribution in [0.5, 0.6) is 0 Å². The Bertz CT molecular complexity index is 620. The van der Waals surface area contributed by atoms with E-state index >= 15 is 0 Å². The van der Waals surface area contributed by atoms with Crippen molar-refractivity contribution < 1.29 is 19.4 Å². The molecule has 0 spiro atoms. The molecule has 0 fully saturated rings. The smallest absolute Gasteiger partial charge is 0.338 e. The van der Waals surface area contributed by atoms with Crippen molar-refractivity contribution in [1.29, 1.82) is 0 Å². The van der Waals surface area contributed by atoms with Crippen molar-refractivity contribution in [2.45, 2.75) is 26.2 Å². The first-order valence-electron chi connectivity index (χ1n) is 7.54. The normalized spacial score (nSPS) is 9.48. The molecule has 4 nitrogen and oxygen atoms in total. The van der Waals surface area contributed by atoms with Crippen LogP contribution in [0.3, 0.4) is 0 Å². The Morgan fingerprint density at radius 1 is 0.957 bits per heavy atom. The number of esters is 1. The Morgan fingerprint density at radius 3 is 2.04 bits per heavy atom. The largest absolute Gasteiger partial charge is 0.478 e. The van der Waals surface area contributed by atoms with E-state index in [2.05, 4.69) is 42.0 Å². The van der Waals surface area contributed by atoms with Crippen LogP contribution in [-0.2, 0) is 11.2 Å². The van der Waals surface area contributed by atoms with Gasteiger partial charge in [-0.05, 0) is 30.5 Å². The van der Waals surface area contributed by atoms with Crippen molar-refractivity contribution in [2.24, 2.45) is 0 Å². The number of carbonyl (C=O) groups is 2. The van der Waals surface area contributed by atoms with E-state index < -0.39 is 11.9 Å². The van der Waals surface area contributed by atoms with Gasteiger partial charge in [0.05, 0.1) is 18.2 Å². The van der Waals surface area contributed by atoms with Crippen molar-refractivity contribution in [3.8, 4) is 0 Å². The standard InChI is InChI=1S/C10H14.C9H8O4/c1-2-3-7-10-8-5-4-6-9-10;1-13-9(12)7-5-3-2-4-6(7)8(10)11/h4-6,8-9H,2-3,7H2,1H3;2-5H,1H3,(H,10,11). The van der Waals surface area contributed by atoms with Gasteiger partial charge in [-0.25, -0.2) is 9.59 Å². The molecule has 0 amide bonds. The number of unbranched alkanes of at least 4 members (excludes halogenated alkanes) is 1. The number of carboxylic acid groups (broad SMARTS) is 1. The summed E-state index contributed by atoms with van der Waals surface area (Å²) in [5.74, 6) is -1.78. The summed E-state index contributed by atoms with van der Waals surface area (Å²) in [5.41, 5.74) is 1.48. The van der Waals surface area contributed by atoms with Crippen LogP contribution in [0.15, 0.2) is 54.6 Å². The highest BCUT2D eigenvalue weighted by molar-refractivity contribution is 6.02. The third-order valence-corrected chi connectivity index (χ3v) is 3.22. The number of ether oxygens (including phenoxy) is 1. The number of hydrogen-bond acceptors (Lipinski definition) is 3. The topological polar surface area (TPSA) is 63.6 Å². The highest BCUT2D eigenvalue weighted by Crippen LogP contribution is 2.09. The number of rotatable bonds is 5.